The molecule has 16 heavy (non-hydrogen) atoms. The minimum Gasteiger partial charge on any atom is -0.481 e. The topological polar surface area (TPSA) is 59.0 Å². The van der Waals surface area contributed by atoms with Crippen molar-refractivity contribution >= 4 is 5.97 Å². The summed E-state index contributed by atoms with van der Waals surface area (Å²) in [6, 6.07) is 0. The van der Waals surface area contributed by atoms with E-state index in [-0.39, 0.29) is 5.92 Å². The Morgan fingerprint density at radius 1 is 1.31 bits per heavy atom. The number of likely N-dealkylation sites (tertiary alicyclic amines) is 1. The zero-order valence-electron chi connectivity index (χ0n) is 9.85. The number of carbonyl (C=O) groups is 1. The molecule has 0 aromatic rings. The zero-order valence-corrected chi connectivity index (χ0v) is 9.85. The fraction of sp³-hybridized carbons (Fsp3) is 0.909. The molecule has 5 heteroatoms. The highest BCUT2D eigenvalue weighted by Gasteiger charge is 2.23. The van der Waals surface area contributed by atoms with Gasteiger partial charge >= 0.3 is 5.97 Å². The normalized spacial score (nSPS) is 18.8. The molecule has 1 heterocycles. The van der Waals surface area contributed by atoms with E-state index < -0.39 is 5.97 Å². The molecule has 1 saturated heterocycles. The summed E-state index contributed by atoms with van der Waals surface area (Å²) in [7, 11) is 1.65. The van der Waals surface area contributed by atoms with Crippen molar-refractivity contribution in [3.8, 4) is 0 Å². The second-order valence-corrected chi connectivity index (χ2v) is 4.06. The van der Waals surface area contributed by atoms with Crippen molar-refractivity contribution in [3.05, 3.63) is 0 Å². The van der Waals surface area contributed by atoms with E-state index in [1.54, 1.807) is 7.11 Å². The molecule has 5 nitrogen and oxygen atoms in total. The molecule has 0 aromatic carbocycles. The smallest absolute Gasteiger partial charge is 0.306 e. The predicted molar refractivity (Wildman–Crippen MR) is 59.5 cm³/mol. The van der Waals surface area contributed by atoms with Crippen LogP contribution >= 0.6 is 0 Å². The Bertz CT molecular complexity index is 202. The molecule has 0 atom stereocenters. The number of nitrogens with zero attached hydrogens (tertiary/aromatic N) is 1. The van der Waals surface area contributed by atoms with Gasteiger partial charge in [-0.05, 0) is 25.9 Å². The minimum atomic E-state index is -0.656. The largest absolute Gasteiger partial charge is 0.481 e. The predicted octanol–water partition coefficient (Wildman–Crippen LogP) is 0.446. The van der Waals surface area contributed by atoms with Crippen LogP contribution < -0.4 is 0 Å². The summed E-state index contributed by atoms with van der Waals surface area (Å²) in [6.45, 7) is 4.57. The van der Waals surface area contributed by atoms with Gasteiger partial charge in [-0.1, -0.05) is 0 Å². The molecule has 0 saturated carbocycles. The van der Waals surface area contributed by atoms with E-state index in [1.807, 2.05) is 0 Å². The molecule has 0 aromatic heterocycles. The van der Waals surface area contributed by atoms with Gasteiger partial charge in [-0.2, -0.15) is 0 Å². The van der Waals surface area contributed by atoms with Crippen molar-refractivity contribution in [2.75, 3.05) is 46.6 Å². The highest BCUT2D eigenvalue weighted by Crippen LogP contribution is 2.16. The molecular formula is C11H21NO4. The first-order valence-electron chi connectivity index (χ1n) is 5.76. The monoisotopic (exact) mass is 231 g/mol. The van der Waals surface area contributed by atoms with Crippen LogP contribution in [0.2, 0.25) is 0 Å². The van der Waals surface area contributed by atoms with Crippen LogP contribution in [0.5, 0.6) is 0 Å². The molecule has 0 aliphatic carbocycles. The SMILES string of the molecule is COCCOCCN1CCC(C(=O)O)CC1. The second kappa shape index (κ2) is 7.60. The second-order valence-electron chi connectivity index (χ2n) is 4.06. The van der Waals surface area contributed by atoms with Gasteiger partial charge < -0.3 is 19.5 Å². The number of aliphatic carboxylic acids is 1. The molecule has 0 bridgehead atoms. The van der Waals surface area contributed by atoms with E-state index in [4.69, 9.17) is 14.6 Å². The lowest BCUT2D eigenvalue weighted by Crippen LogP contribution is -2.38. The third-order valence-electron chi connectivity index (χ3n) is 2.92. The average molecular weight is 231 g/mol. The molecule has 1 rings (SSSR count). The number of carboxylic acid groups (broad SMARTS) is 1. The first kappa shape index (κ1) is 13.4. The lowest BCUT2D eigenvalue weighted by Gasteiger charge is -2.29. The Labute approximate surface area is 96.3 Å². The number of piperidine rings is 1. The molecule has 1 fully saturated rings. The van der Waals surface area contributed by atoms with Crippen molar-refractivity contribution < 1.29 is 19.4 Å². The van der Waals surface area contributed by atoms with Crippen LogP contribution in [0, 0.1) is 5.92 Å². The lowest BCUT2D eigenvalue weighted by molar-refractivity contribution is -0.143. The average Bonchev–Trinajstić information content (AvgIpc) is 2.29. The summed E-state index contributed by atoms with van der Waals surface area (Å²) in [5.41, 5.74) is 0. The standard InChI is InChI=1S/C11H21NO4/c1-15-8-9-16-7-6-12-4-2-10(3-5-12)11(13)14/h10H,2-9H2,1H3,(H,13,14). The molecule has 0 radical (unpaired) electrons. The maximum atomic E-state index is 10.7. The van der Waals surface area contributed by atoms with Gasteiger partial charge in [0.15, 0.2) is 0 Å². The summed E-state index contributed by atoms with van der Waals surface area (Å²) in [5, 5.41) is 8.84. The fourth-order valence-electron chi connectivity index (χ4n) is 1.84. The van der Waals surface area contributed by atoms with Crippen LogP contribution in [-0.2, 0) is 14.3 Å². The number of ether oxygens (including phenoxy) is 2. The van der Waals surface area contributed by atoms with Crippen molar-refractivity contribution in [1.29, 1.82) is 0 Å². The quantitative estimate of drug-likeness (QED) is 0.644. The van der Waals surface area contributed by atoms with Crippen molar-refractivity contribution in [3.63, 3.8) is 0 Å². The van der Waals surface area contributed by atoms with E-state index in [9.17, 15) is 4.79 Å². The van der Waals surface area contributed by atoms with Gasteiger partial charge in [0, 0.05) is 13.7 Å². The Morgan fingerprint density at radius 3 is 2.56 bits per heavy atom. The van der Waals surface area contributed by atoms with Crippen LogP contribution in [0.1, 0.15) is 12.8 Å². The van der Waals surface area contributed by atoms with Gasteiger partial charge in [-0.25, -0.2) is 0 Å². The zero-order chi connectivity index (χ0) is 11.8. The van der Waals surface area contributed by atoms with E-state index >= 15 is 0 Å². The van der Waals surface area contributed by atoms with Gasteiger partial charge in [0.05, 0.1) is 25.7 Å². The highest BCUT2D eigenvalue weighted by molar-refractivity contribution is 5.70. The third-order valence-corrected chi connectivity index (χ3v) is 2.92. The summed E-state index contributed by atoms with van der Waals surface area (Å²) >= 11 is 0. The third kappa shape index (κ3) is 4.92. The fourth-order valence-corrected chi connectivity index (χ4v) is 1.84. The number of methoxy groups -OCH3 is 1. The minimum absolute atomic E-state index is 0.148. The van der Waals surface area contributed by atoms with Gasteiger partial charge in [-0.3, -0.25) is 4.79 Å². The van der Waals surface area contributed by atoms with Crippen molar-refractivity contribution in [2.24, 2.45) is 5.92 Å². The maximum Gasteiger partial charge on any atom is 0.306 e. The molecular weight excluding hydrogens is 210 g/mol. The molecule has 94 valence electrons. The van der Waals surface area contributed by atoms with Crippen molar-refractivity contribution in [1.82, 2.24) is 4.90 Å². The van der Waals surface area contributed by atoms with Crippen LogP contribution in [0.25, 0.3) is 0 Å². The Balaban J connectivity index is 2.02. The highest BCUT2D eigenvalue weighted by atomic mass is 16.5. The van der Waals surface area contributed by atoms with Gasteiger partial charge in [0.1, 0.15) is 0 Å². The molecule has 0 amide bonds. The Kier molecular flexibility index (Phi) is 6.37. The van der Waals surface area contributed by atoms with E-state index in [0.717, 1.165) is 32.5 Å². The number of hydrogen-bond donors (Lipinski definition) is 1. The van der Waals surface area contributed by atoms with Crippen LogP contribution in [-0.4, -0.2) is 62.5 Å². The molecule has 1 aliphatic rings. The Hall–Kier alpha value is -0.650. The first-order chi connectivity index (χ1) is 7.74. The van der Waals surface area contributed by atoms with Crippen LogP contribution in [0.3, 0.4) is 0 Å². The van der Waals surface area contributed by atoms with Gasteiger partial charge in [-0.15, -0.1) is 0 Å². The van der Waals surface area contributed by atoms with E-state index in [2.05, 4.69) is 4.90 Å². The summed E-state index contributed by atoms with van der Waals surface area (Å²) in [4.78, 5) is 13.0. The van der Waals surface area contributed by atoms with Gasteiger partial charge in [0.25, 0.3) is 0 Å². The molecule has 0 unspecified atom stereocenters. The van der Waals surface area contributed by atoms with Crippen LogP contribution in [0.4, 0.5) is 0 Å². The maximum absolute atomic E-state index is 10.7. The number of carboxylic acids is 1. The first-order valence-corrected chi connectivity index (χ1v) is 5.76. The van der Waals surface area contributed by atoms with Crippen molar-refractivity contribution in [2.45, 2.75) is 12.8 Å². The molecule has 1 aliphatic heterocycles. The van der Waals surface area contributed by atoms with E-state index in [0.29, 0.717) is 19.8 Å². The number of rotatable bonds is 7. The summed E-state index contributed by atoms with van der Waals surface area (Å²) in [6.07, 6.45) is 1.51. The molecule has 0 spiro atoms. The Morgan fingerprint density at radius 2 is 2.00 bits per heavy atom. The summed E-state index contributed by atoms with van der Waals surface area (Å²) in [5.74, 6) is -0.804. The van der Waals surface area contributed by atoms with Gasteiger partial charge in [0.2, 0.25) is 0 Å². The lowest BCUT2D eigenvalue weighted by atomic mass is 9.97. The molecule has 1 N–H and O–H groups in total. The summed E-state index contributed by atoms with van der Waals surface area (Å²) < 4.78 is 10.2. The van der Waals surface area contributed by atoms with Crippen LogP contribution in [0.15, 0.2) is 0 Å². The number of hydrogen-bond acceptors (Lipinski definition) is 4. The van der Waals surface area contributed by atoms with E-state index in [1.165, 1.54) is 0 Å².